The predicted octanol–water partition coefficient (Wildman–Crippen LogP) is 2.61. The molecule has 0 radical (unpaired) electrons. The number of carbonyl (C=O) groups excluding carboxylic acids is 1. The van der Waals surface area contributed by atoms with Gasteiger partial charge >= 0.3 is 6.03 Å². The number of nitrogens with two attached hydrogens (primary N) is 1. The highest BCUT2D eigenvalue weighted by molar-refractivity contribution is 9.10. The van der Waals surface area contributed by atoms with Crippen LogP contribution in [0.1, 0.15) is 24.1 Å². The Morgan fingerprint density at radius 2 is 2.24 bits per heavy atom. The van der Waals surface area contributed by atoms with Gasteiger partial charge in [0, 0.05) is 11.0 Å². The standard InChI is InChI=1S/C12H14BrN3O/c1-3-16-10(11(14)15-12(16)17)8-5-4-7(2)9(13)6-8/h4-6,10H,3H2,1-2H3,(H2,14,15,17). The van der Waals surface area contributed by atoms with Gasteiger partial charge in [0.1, 0.15) is 11.9 Å². The number of nitrogens with zero attached hydrogens (tertiary/aromatic N) is 2. The number of hydrogen-bond donors (Lipinski definition) is 1. The fraction of sp³-hybridized carbons (Fsp3) is 0.333. The van der Waals surface area contributed by atoms with Crippen LogP contribution in [0.25, 0.3) is 0 Å². The van der Waals surface area contributed by atoms with Crippen molar-refractivity contribution < 1.29 is 4.79 Å². The Morgan fingerprint density at radius 3 is 2.82 bits per heavy atom. The van der Waals surface area contributed by atoms with Crippen LogP contribution in [-0.4, -0.2) is 23.3 Å². The number of amidine groups is 1. The van der Waals surface area contributed by atoms with E-state index in [0.29, 0.717) is 12.4 Å². The third kappa shape index (κ3) is 2.07. The molecule has 0 bridgehead atoms. The summed E-state index contributed by atoms with van der Waals surface area (Å²) in [6.07, 6.45) is 0. The fourth-order valence-electron chi connectivity index (χ4n) is 1.95. The zero-order chi connectivity index (χ0) is 12.6. The molecule has 2 N–H and O–H groups in total. The molecule has 4 nitrogen and oxygen atoms in total. The monoisotopic (exact) mass is 295 g/mol. The molecule has 0 saturated heterocycles. The molecule has 90 valence electrons. The molecule has 2 amide bonds. The van der Waals surface area contributed by atoms with E-state index in [-0.39, 0.29) is 12.1 Å². The van der Waals surface area contributed by atoms with E-state index < -0.39 is 0 Å². The molecule has 0 aliphatic carbocycles. The van der Waals surface area contributed by atoms with Crippen molar-refractivity contribution in [1.29, 1.82) is 0 Å². The van der Waals surface area contributed by atoms with Crippen LogP contribution >= 0.6 is 15.9 Å². The number of carbonyl (C=O) groups is 1. The van der Waals surface area contributed by atoms with Gasteiger partial charge in [-0.05, 0) is 31.0 Å². The lowest BCUT2D eigenvalue weighted by Gasteiger charge is -2.23. The molecular formula is C12H14BrN3O. The second kappa shape index (κ2) is 4.49. The summed E-state index contributed by atoms with van der Waals surface area (Å²) < 4.78 is 1.01. The third-order valence-corrected chi connectivity index (χ3v) is 3.77. The summed E-state index contributed by atoms with van der Waals surface area (Å²) in [5.74, 6) is 0.368. The van der Waals surface area contributed by atoms with E-state index in [9.17, 15) is 4.79 Å². The maximum Gasteiger partial charge on any atom is 0.346 e. The predicted molar refractivity (Wildman–Crippen MR) is 71.0 cm³/mol. The van der Waals surface area contributed by atoms with Crippen molar-refractivity contribution in [2.24, 2.45) is 10.7 Å². The average molecular weight is 296 g/mol. The molecule has 5 heteroatoms. The van der Waals surface area contributed by atoms with Crippen molar-refractivity contribution in [3.63, 3.8) is 0 Å². The first-order chi connectivity index (χ1) is 8.04. The van der Waals surface area contributed by atoms with E-state index in [1.807, 2.05) is 32.0 Å². The number of likely N-dealkylation sites (N-methyl/N-ethyl adjacent to an activating group) is 1. The first-order valence-corrected chi connectivity index (χ1v) is 6.24. The van der Waals surface area contributed by atoms with Gasteiger partial charge in [0.05, 0.1) is 0 Å². The van der Waals surface area contributed by atoms with Crippen LogP contribution in [0.2, 0.25) is 0 Å². The van der Waals surface area contributed by atoms with Gasteiger partial charge in [-0.1, -0.05) is 28.1 Å². The highest BCUT2D eigenvalue weighted by Crippen LogP contribution is 2.29. The van der Waals surface area contributed by atoms with Crippen molar-refractivity contribution in [1.82, 2.24) is 4.90 Å². The SMILES string of the molecule is CCN1C(=O)N=C(N)C1c1ccc(C)c(Br)c1. The van der Waals surface area contributed by atoms with Crippen LogP contribution in [0, 0.1) is 6.92 Å². The van der Waals surface area contributed by atoms with Gasteiger partial charge < -0.3 is 10.6 Å². The Labute approximate surface area is 109 Å². The molecule has 1 atom stereocenters. The first kappa shape index (κ1) is 12.1. The van der Waals surface area contributed by atoms with Crippen LogP contribution < -0.4 is 5.73 Å². The van der Waals surface area contributed by atoms with Crippen LogP contribution in [0.15, 0.2) is 27.7 Å². The number of amides is 2. The molecule has 0 aromatic heterocycles. The zero-order valence-corrected chi connectivity index (χ0v) is 11.4. The Kier molecular flexibility index (Phi) is 3.19. The Balaban J connectivity index is 2.42. The third-order valence-electron chi connectivity index (χ3n) is 2.91. The molecule has 1 aromatic rings. The zero-order valence-electron chi connectivity index (χ0n) is 9.77. The van der Waals surface area contributed by atoms with E-state index in [2.05, 4.69) is 20.9 Å². The highest BCUT2D eigenvalue weighted by atomic mass is 79.9. The normalized spacial score (nSPS) is 19.7. The van der Waals surface area contributed by atoms with Crippen molar-refractivity contribution in [3.8, 4) is 0 Å². The van der Waals surface area contributed by atoms with E-state index in [1.165, 1.54) is 0 Å². The van der Waals surface area contributed by atoms with Gasteiger partial charge in [-0.3, -0.25) is 0 Å². The van der Waals surface area contributed by atoms with Crippen LogP contribution in [0.3, 0.4) is 0 Å². The van der Waals surface area contributed by atoms with Crippen molar-refractivity contribution in [2.75, 3.05) is 6.54 Å². The lowest BCUT2D eigenvalue weighted by Crippen LogP contribution is -2.33. The maximum absolute atomic E-state index is 11.6. The smallest absolute Gasteiger partial charge is 0.346 e. The summed E-state index contributed by atoms with van der Waals surface area (Å²) in [4.78, 5) is 17.1. The first-order valence-electron chi connectivity index (χ1n) is 5.45. The van der Waals surface area contributed by atoms with Gasteiger partial charge in [0.15, 0.2) is 0 Å². The number of aryl methyl sites for hydroxylation is 1. The lowest BCUT2D eigenvalue weighted by atomic mass is 10.0. The van der Waals surface area contributed by atoms with Gasteiger partial charge in [-0.25, -0.2) is 4.79 Å². The molecule has 0 saturated carbocycles. The molecule has 1 heterocycles. The summed E-state index contributed by atoms with van der Waals surface area (Å²) in [6, 6.07) is 5.48. The molecule has 1 aromatic carbocycles. The molecular weight excluding hydrogens is 282 g/mol. The summed E-state index contributed by atoms with van der Waals surface area (Å²) in [6.45, 7) is 4.53. The molecule has 2 rings (SSSR count). The van der Waals surface area contributed by atoms with Crippen molar-refractivity contribution >= 4 is 27.8 Å². The number of halogens is 1. The molecule has 1 aliphatic heterocycles. The number of hydrogen-bond acceptors (Lipinski definition) is 2. The molecule has 1 unspecified atom stereocenters. The Bertz CT molecular complexity index is 499. The number of aliphatic imine (C=N–C) groups is 1. The number of benzene rings is 1. The van der Waals surface area contributed by atoms with E-state index in [1.54, 1.807) is 4.90 Å². The second-order valence-corrected chi connectivity index (χ2v) is 4.87. The maximum atomic E-state index is 11.6. The minimum Gasteiger partial charge on any atom is -0.385 e. The Morgan fingerprint density at radius 1 is 1.53 bits per heavy atom. The topological polar surface area (TPSA) is 58.7 Å². The average Bonchev–Trinajstić information content (AvgIpc) is 2.57. The minimum absolute atomic E-state index is 0.232. The van der Waals surface area contributed by atoms with E-state index >= 15 is 0 Å². The summed E-state index contributed by atoms with van der Waals surface area (Å²) >= 11 is 3.49. The quantitative estimate of drug-likeness (QED) is 0.912. The van der Waals surface area contributed by atoms with Gasteiger partial charge in [-0.2, -0.15) is 4.99 Å². The second-order valence-electron chi connectivity index (χ2n) is 4.02. The molecule has 0 spiro atoms. The summed E-state index contributed by atoms with van der Waals surface area (Å²) in [7, 11) is 0. The number of rotatable bonds is 2. The summed E-state index contributed by atoms with van der Waals surface area (Å²) in [5.41, 5.74) is 7.96. The Hall–Kier alpha value is -1.36. The van der Waals surface area contributed by atoms with E-state index in [0.717, 1.165) is 15.6 Å². The van der Waals surface area contributed by atoms with Crippen LogP contribution in [0.5, 0.6) is 0 Å². The highest BCUT2D eigenvalue weighted by Gasteiger charge is 2.33. The lowest BCUT2D eigenvalue weighted by molar-refractivity contribution is 0.210. The van der Waals surface area contributed by atoms with Gasteiger partial charge in [-0.15, -0.1) is 0 Å². The fourth-order valence-corrected chi connectivity index (χ4v) is 2.35. The van der Waals surface area contributed by atoms with E-state index in [4.69, 9.17) is 5.73 Å². The number of urea groups is 1. The van der Waals surface area contributed by atoms with Crippen molar-refractivity contribution in [2.45, 2.75) is 19.9 Å². The van der Waals surface area contributed by atoms with Gasteiger partial charge in [0.25, 0.3) is 0 Å². The van der Waals surface area contributed by atoms with Crippen molar-refractivity contribution in [3.05, 3.63) is 33.8 Å². The molecule has 0 fully saturated rings. The summed E-state index contributed by atoms with van der Waals surface area (Å²) in [5, 5.41) is 0. The minimum atomic E-state index is -0.258. The molecule has 1 aliphatic rings. The largest absolute Gasteiger partial charge is 0.385 e. The van der Waals surface area contributed by atoms with Crippen LogP contribution in [0.4, 0.5) is 4.79 Å². The van der Waals surface area contributed by atoms with Crippen LogP contribution in [-0.2, 0) is 0 Å². The van der Waals surface area contributed by atoms with Gasteiger partial charge in [0.2, 0.25) is 0 Å². The molecule has 17 heavy (non-hydrogen) atoms.